The van der Waals surface area contributed by atoms with Crippen molar-refractivity contribution in [2.75, 3.05) is 0 Å². The lowest BCUT2D eigenvalue weighted by Gasteiger charge is -1.97. The number of carbonyl (C=O) groups excluding carboxylic acids is 1. The summed E-state index contributed by atoms with van der Waals surface area (Å²) in [6.45, 7) is 0. The number of hydrazone groups is 1. The van der Waals surface area contributed by atoms with E-state index in [1.165, 1.54) is 6.21 Å². The number of amides is 2. The number of carbonyl (C=O) groups is 1. The summed E-state index contributed by atoms with van der Waals surface area (Å²) >= 11 is 9.09. The second kappa shape index (κ2) is 4.97. The molecule has 0 unspecified atom stereocenters. The zero-order valence-electron chi connectivity index (χ0n) is 7.00. The molecule has 0 saturated heterocycles. The fourth-order valence-corrected chi connectivity index (χ4v) is 1.20. The van der Waals surface area contributed by atoms with Crippen LogP contribution in [0.5, 0.6) is 0 Å². The highest BCUT2D eigenvalue weighted by atomic mass is 79.9. The fraction of sp³-hybridized carbons (Fsp3) is 0. The summed E-state index contributed by atoms with van der Waals surface area (Å²) in [6.07, 6.45) is 1.45. The lowest BCUT2D eigenvalue weighted by atomic mass is 10.2. The van der Waals surface area contributed by atoms with Gasteiger partial charge in [0.25, 0.3) is 0 Å². The smallest absolute Gasteiger partial charge is 0.332 e. The number of nitrogens with two attached hydrogens (primary N) is 1. The Morgan fingerprint density at radius 1 is 1.64 bits per heavy atom. The van der Waals surface area contributed by atoms with E-state index in [0.29, 0.717) is 5.02 Å². The van der Waals surface area contributed by atoms with E-state index in [4.69, 9.17) is 17.3 Å². The number of nitrogens with one attached hydrogen (secondary N) is 1. The predicted octanol–water partition coefficient (Wildman–Crippen LogP) is 2.10. The molecule has 6 heteroatoms. The van der Waals surface area contributed by atoms with E-state index in [0.717, 1.165) is 10.0 Å². The van der Waals surface area contributed by atoms with Crippen molar-refractivity contribution in [1.29, 1.82) is 0 Å². The monoisotopic (exact) mass is 275 g/mol. The van der Waals surface area contributed by atoms with Gasteiger partial charge in [0, 0.05) is 4.47 Å². The Balaban J connectivity index is 2.73. The van der Waals surface area contributed by atoms with E-state index in [1.54, 1.807) is 18.2 Å². The number of hydrogen-bond acceptors (Lipinski definition) is 2. The maximum atomic E-state index is 10.3. The zero-order valence-corrected chi connectivity index (χ0v) is 9.34. The van der Waals surface area contributed by atoms with Crippen molar-refractivity contribution in [1.82, 2.24) is 5.43 Å². The Bertz CT molecular complexity index is 381. The molecule has 0 fully saturated rings. The first-order chi connectivity index (χ1) is 6.59. The molecule has 0 radical (unpaired) electrons. The third kappa shape index (κ3) is 3.35. The minimum Gasteiger partial charge on any atom is -0.350 e. The van der Waals surface area contributed by atoms with Crippen molar-refractivity contribution in [3.63, 3.8) is 0 Å². The average Bonchev–Trinajstić information content (AvgIpc) is 2.10. The van der Waals surface area contributed by atoms with Gasteiger partial charge in [-0.25, -0.2) is 10.2 Å². The van der Waals surface area contributed by atoms with Crippen molar-refractivity contribution in [2.24, 2.45) is 10.8 Å². The van der Waals surface area contributed by atoms with Gasteiger partial charge in [0.05, 0.1) is 11.2 Å². The quantitative estimate of drug-likeness (QED) is 0.630. The first-order valence-electron chi connectivity index (χ1n) is 3.63. The number of benzene rings is 1. The van der Waals surface area contributed by atoms with Crippen LogP contribution >= 0.6 is 27.5 Å². The maximum Gasteiger partial charge on any atom is 0.332 e. The van der Waals surface area contributed by atoms with Crippen LogP contribution in [0.2, 0.25) is 5.02 Å². The Kier molecular flexibility index (Phi) is 3.91. The molecule has 1 aromatic rings. The van der Waals surface area contributed by atoms with Gasteiger partial charge in [-0.05, 0) is 33.6 Å². The minimum atomic E-state index is -0.704. The summed E-state index contributed by atoms with van der Waals surface area (Å²) < 4.78 is 0.805. The number of rotatable bonds is 2. The zero-order chi connectivity index (χ0) is 10.6. The van der Waals surface area contributed by atoms with Gasteiger partial charge in [0.2, 0.25) is 0 Å². The van der Waals surface area contributed by atoms with Crippen LogP contribution in [-0.4, -0.2) is 12.2 Å². The Hall–Kier alpha value is -1.07. The largest absolute Gasteiger partial charge is 0.350 e. The summed E-state index contributed by atoms with van der Waals surface area (Å²) in [7, 11) is 0. The topological polar surface area (TPSA) is 67.5 Å². The van der Waals surface area contributed by atoms with Crippen molar-refractivity contribution < 1.29 is 4.79 Å². The molecule has 4 nitrogen and oxygen atoms in total. The molecule has 0 bridgehead atoms. The summed E-state index contributed by atoms with van der Waals surface area (Å²) in [6, 6.07) is 4.58. The SMILES string of the molecule is NC(=O)NN=Cc1ccc(Br)c(Cl)c1. The number of nitrogens with zero attached hydrogens (tertiary/aromatic N) is 1. The van der Waals surface area contributed by atoms with Gasteiger partial charge < -0.3 is 5.73 Å². The van der Waals surface area contributed by atoms with Crippen LogP contribution in [-0.2, 0) is 0 Å². The molecule has 0 atom stereocenters. The molecular formula is C8H7BrClN3O. The number of hydrogen-bond donors (Lipinski definition) is 2. The molecule has 1 rings (SSSR count). The highest BCUT2D eigenvalue weighted by Crippen LogP contribution is 2.22. The predicted molar refractivity (Wildman–Crippen MR) is 59.5 cm³/mol. The van der Waals surface area contributed by atoms with Gasteiger partial charge >= 0.3 is 6.03 Å². The van der Waals surface area contributed by atoms with Crippen LogP contribution in [0, 0.1) is 0 Å². The fourth-order valence-electron chi connectivity index (χ4n) is 0.763. The third-order valence-electron chi connectivity index (χ3n) is 1.33. The molecule has 1 aromatic carbocycles. The van der Waals surface area contributed by atoms with Crippen LogP contribution in [0.4, 0.5) is 4.79 Å². The van der Waals surface area contributed by atoms with Gasteiger partial charge in [0.15, 0.2) is 0 Å². The van der Waals surface area contributed by atoms with Crippen LogP contribution < -0.4 is 11.2 Å². The molecule has 14 heavy (non-hydrogen) atoms. The van der Waals surface area contributed by atoms with Gasteiger partial charge in [0.1, 0.15) is 0 Å². The molecule has 0 aliphatic carbocycles. The van der Waals surface area contributed by atoms with Gasteiger partial charge in [-0.15, -0.1) is 0 Å². The normalized spacial score (nSPS) is 10.4. The molecule has 0 aliphatic heterocycles. The lowest BCUT2D eigenvalue weighted by molar-refractivity contribution is 0.249. The lowest BCUT2D eigenvalue weighted by Crippen LogP contribution is -2.24. The summed E-state index contributed by atoms with van der Waals surface area (Å²) in [4.78, 5) is 10.3. The van der Waals surface area contributed by atoms with Crippen LogP contribution in [0.1, 0.15) is 5.56 Å². The second-order valence-electron chi connectivity index (χ2n) is 2.41. The molecule has 74 valence electrons. The van der Waals surface area contributed by atoms with Crippen LogP contribution in [0.3, 0.4) is 0 Å². The minimum absolute atomic E-state index is 0.577. The number of halogens is 2. The molecule has 2 amide bonds. The third-order valence-corrected chi connectivity index (χ3v) is 2.56. The molecule has 3 N–H and O–H groups in total. The molecule has 0 aliphatic rings. The average molecular weight is 277 g/mol. The van der Waals surface area contributed by atoms with E-state index in [2.05, 4.69) is 26.5 Å². The molecule has 0 spiro atoms. The van der Waals surface area contributed by atoms with E-state index >= 15 is 0 Å². The second-order valence-corrected chi connectivity index (χ2v) is 3.67. The van der Waals surface area contributed by atoms with Gasteiger partial charge in [-0.3, -0.25) is 0 Å². The molecular weight excluding hydrogens is 269 g/mol. The van der Waals surface area contributed by atoms with Crippen molar-refractivity contribution >= 4 is 39.8 Å². The molecule has 0 aromatic heterocycles. The first kappa shape index (κ1) is 11.0. The van der Waals surface area contributed by atoms with Crippen LogP contribution in [0.15, 0.2) is 27.8 Å². The van der Waals surface area contributed by atoms with E-state index in [1.807, 2.05) is 0 Å². The van der Waals surface area contributed by atoms with Crippen molar-refractivity contribution in [2.45, 2.75) is 0 Å². The number of primary amides is 1. The Morgan fingerprint density at radius 2 is 2.36 bits per heavy atom. The first-order valence-corrected chi connectivity index (χ1v) is 4.80. The van der Waals surface area contributed by atoms with Crippen molar-refractivity contribution in [3.05, 3.63) is 33.3 Å². The van der Waals surface area contributed by atoms with Gasteiger partial charge in [-0.2, -0.15) is 5.10 Å². The molecule has 0 saturated carbocycles. The van der Waals surface area contributed by atoms with E-state index in [-0.39, 0.29) is 0 Å². The molecule has 0 heterocycles. The van der Waals surface area contributed by atoms with E-state index in [9.17, 15) is 4.79 Å². The summed E-state index contributed by atoms with van der Waals surface area (Å²) in [5, 5.41) is 4.17. The van der Waals surface area contributed by atoms with Gasteiger partial charge in [-0.1, -0.05) is 17.7 Å². The van der Waals surface area contributed by atoms with Crippen LogP contribution in [0.25, 0.3) is 0 Å². The number of urea groups is 1. The Labute approximate surface area is 94.2 Å². The summed E-state index contributed by atoms with van der Waals surface area (Å²) in [5.74, 6) is 0. The highest BCUT2D eigenvalue weighted by molar-refractivity contribution is 9.10. The van der Waals surface area contributed by atoms with E-state index < -0.39 is 6.03 Å². The standard InChI is InChI=1S/C8H7BrClN3O/c9-6-2-1-5(3-7(6)10)4-12-13-8(11)14/h1-4H,(H3,11,13,14). The highest BCUT2D eigenvalue weighted by Gasteiger charge is 1.96. The van der Waals surface area contributed by atoms with Crippen molar-refractivity contribution in [3.8, 4) is 0 Å². The maximum absolute atomic E-state index is 10.3. The Morgan fingerprint density at radius 3 is 2.93 bits per heavy atom. The summed E-state index contributed by atoms with van der Waals surface area (Å²) in [5.41, 5.74) is 7.67.